The van der Waals surface area contributed by atoms with Crippen LogP contribution in [0, 0.1) is 6.92 Å². The Morgan fingerprint density at radius 3 is 2.27 bits per heavy atom. The molecule has 0 atom stereocenters. The molecule has 0 spiro atoms. The van der Waals surface area contributed by atoms with Crippen LogP contribution in [0.3, 0.4) is 0 Å². The van der Waals surface area contributed by atoms with E-state index in [1.54, 1.807) is 30.3 Å². The van der Waals surface area contributed by atoms with E-state index in [1.165, 1.54) is 14.0 Å². The lowest BCUT2D eigenvalue weighted by molar-refractivity contribution is -0.118. The third-order valence-electron chi connectivity index (χ3n) is 3.91. The largest absolute Gasteiger partial charge is 0.465 e. The Morgan fingerprint density at radius 1 is 1.00 bits per heavy atom. The smallest absolute Gasteiger partial charge is 0.337 e. The molecule has 2 N–H and O–H groups in total. The van der Waals surface area contributed by atoms with Crippen molar-refractivity contribution in [1.82, 2.24) is 5.32 Å². The van der Waals surface area contributed by atoms with Crippen LogP contribution in [0.4, 0.5) is 5.69 Å². The zero-order valence-electron chi connectivity index (χ0n) is 15.1. The molecule has 0 fully saturated rings. The summed E-state index contributed by atoms with van der Waals surface area (Å²) in [5.41, 5.74) is 3.32. The van der Waals surface area contributed by atoms with Gasteiger partial charge in [0.1, 0.15) is 0 Å². The van der Waals surface area contributed by atoms with Gasteiger partial charge in [0.05, 0.1) is 12.7 Å². The number of hydrogen-bond acceptors (Lipinski definition) is 4. The maximum Gasteiger partial charge on any atom is 0.337 e. The Kier molecular flexibility index (Phi) is 6.49. The highest BCUT2D eigenvalue weighted by Gasteiger charge is 2.11. The van der Waals surface area contributed by atoms with Crippen LogP contribution in [0.2, 0.25) is 0 Å². The van der Waals surface area contributed by atoms with Crippen LogP contribution in [0.15, 0.2) is 42.5 Å². The van der Waals surface area contributed by atoms with Gasteiger partial charge in [-0.15, -0.1) is 0 Å². The van der Waals surface area contributed by atoms with Gasteiger partial charge < -0.3 is 15.4 Å². The molecule has 2 aromatic rings. The maximum absolute atomic E-state index is 12.4. The molecule has 0 aliphatic heterocycles. The molecule has 2 amide bonds. The first kappa shape index (κ1) is 19.2. The van der Waals surface area contributed by atoms with Crippen LogP contribution in [-0.2, 0) is 16.0 Å². The van der Waals surface area contributed by atoms with Crippen molar-refractivity contribution >= 4 is 23.5 Å². The number of methoxy groups -OCH3 is 1. The molecule has 2 aromatic carbocycles. The summed E-state index contributed by atoms with van der Waals surface area (Å²) in [4.78, 5) is 35.0. The fourth-order valence-corrected chi connectivity index (χ4v) is 2.40. The highest BCUT2D eigenvalue weighted by Crippen LogP contribution is 2.19. The fraction of sp³-hybridized carbons (Fsp3) is 0.250. The van der Waals surface area contributed by atoms with Gasteiger partial charge in [-0.1, -0.05) is 18.2 Å². The third kappa shape index (κ3) is 5.17. The van der Waals surface area contributed by atoms with E-state index in [0.29, 0.717) is 29.8 Å². The summed E-state index contributed by atoms with van der Waals surface area (Å²) in [7, 11) is 1.31. The number of carbonyl (C=O) groups is 3. The summed E-state index contributed by atoms with van der Waals surface area (Å²) in [5, 5.41) is 5.55. The zero-order chi connectivity index (χ0) is 19.1. The highest BCUT2D eigenvalue weighted by atomic mass is 16.5. The van der Waals surface area contributed by atoms with Gasteiger partial charge in [-0.25, -0.2) is 4.79 Å². The van der Waals surface area contributed by atoms with Gasteiger partial charge in [0, 0.05) is 24.7 Å². The lowest BCUT2D eigenvalue weighted by atomic mass is 10.1. The van der Waals surface area contributed by atoms with Crippen molar-refractivity contribution in [3.8, 4) is 0 Å². The van der Waals surface area contributed by atoms with Gasteiger partial charge in [0.2, 0.25) is 5.91 Å². The number of carbonyl (C=O) groups excluding carboxylic acids is 3. The van der Waals surface area contributed by atoms with Crippen LogP contribution in [-0.4, -0.2) is 31.4 Å². The van der Waals surface area contributed by atoms with Crippen LogP contribution in [0.1, 0.15) is 38.8 Å². The number of amides is 2. The molecule has 0 bridgehead atoms. The van der Waals surface area contributed by atoms with Gasteiger partial charge in [0.15, 0.2) is 0 Å². The van der Waals surface area contributed by atoms with Gasteiger partial charge in [-0.05, 0) is 48.7 Å². The molecular formula is C20H22N2O4. The number of nitrogens with one attached hydrogen (secondary N) is 2. The van der Waals surface area contributed by atoms with Gasteiger partial charge in [0.25, 0.3) is 5.91 Å². The van der Waals surface area contributed by atoms with Crippen molar-refractivity contribution in [3.05, 3.63) is 64.7 Å². The summed E-state index contributed by atoms with van der Waals surface area (Å²) < 4.78 is 4.70. The lowest BCUT2D eigenvalue weighted by Crippen LogP contribution is -2.22. The lowest BCUT2D eigenvalue weighted by Gasteiger charge is -2.10. The van der Waals surface area contributed by atoms with Gasteiger partial charge in [-0.3, -0.25) is 9.59 Å². The van der Waals surface area contributed by atoms with Crippen LogP contribution in [0.25, 0.3) is 0 Å². The number of aryl methyl sites for hydroxylation is 1. The van der Waals surface area contributed by atoms with Crippen LogP contribution >= 0.6 is 0 Å². The average Bonchev–Trinajstić information content (AvgIpc) is 2.63. The minimum absolute atomic E-state index is 0.0643. The van der Waals surface area contributed by atoms with Crippen molar-refractivity contribution in [1.29, 1.82) is 0 Å². The predicted molar refractivity (Wildman–Crippen MR) is 99.3 cm³/mol. The standard InChI is InChI=1S/C20H22N2O4/c1-13-4-7-17(20(25)26-3)12-18(13)22-19(24)16-8-5-15(6-9-16)10-11-21-14(2)23/h4-9,12H,10-11H2,1-3H3,(H,21,23)(H,22,24). The summed E-state index contributed by atoms with van der Waals surface area (Å²) in [6.45, 7) is 3.88. The maximum atomic E-state index is 12.4. The summed E-state index contributed by atoms with van der Waals surface area (Å²) in [5.74, 6) is -0.780. The summed E-state index contributed by atoms with van der Waals surface area (Å²) >= 11 is 0. The Balaban J connectivity index is 2.05. The van der Waals surface area contributed by atoms with E-state index in [0.717, 1.165) is 11.1 Å². The first-order valence-corrected chi connectivity index (χ1v) is 8.24. The van der Waals surface area contributed by atoms with Crippen molar-refractivity contribution < 1.29 is 19.1 Å². The van der Waals surface area contributed by atoms with E-state index in [4.69, 9.17) is 4.74 Å². The number of anilines is 1. The van der Waals surface area contributed by atoms with Crippen molar-refractivity contribution in [3.63, 3.8) is 0 Å². The van der Waals surface area contributed by atoms with Crippen LogP contribution < -0.4 is 10.6 Å². The SMILES string of the molecule is COC(=O)c1ccc(C)c(NC(=O)c2ccc(CCNC(C)=O)cc2)c1. The molecule has 0 heterocycles. The average molecular weight is 354 g/mol. The normalized spacial score (nSPS) is 10.1. The number of ether oxygens (including phenoxy) is 1. The molecule has 2 rings (SSSR count). The quantitative estimate of drug-likeness (QED) is 0.781. The molecule has 6 heteroatoms. The van der Waals surface area contributed by atoms with Crippen molar-refractivity contribution in [2.75, 3.05) is 19.0 Å². The molecule has 0 saturated heterocycles. The Bertz CT molecular complexity index is 813. The predicted octanol–water partition coefficient (Wildman–Crippen LogP) is 2.71. The molecule has 0 aromatic heterocycles. The number of rotatable bonds is 6. The van der Waals surface area contributed by atoms with E-state index in [-0.39, 0.29) is 11.8 Å². The van der Waals surface area contributed by atoms with Gasteiger partial charge in [-0.2, -0.15) is 0 Å². The van der Waals surface area contributed by atoms with Gasteiger partial charge >= 0.3 is 5.97 Å². The molecule has 0 radical (unpaired) electrons. The van der Waals surface area contributed by atoms with E-state index in [9.17, 15) is 14.4 Å². The second-order valence-corrected chi connectivity index (χ2v) is 5.91. The Morgan fingerprint density at radius 2 is 1.65 bits per heavy atom. The van der Waals surface area contributed by atoms with E-state index in [2.05, 4.69) is 10.6 Å². The van der Waals surface area contributed by atoms with E-state index in [1.807, 2.05) is 19.1 Å². The molecule has 0 unspecified atom stereocenters. The highest BCUT2D eigenvalue weighted by molar-refractivity contribution is 6.05. The van der Waals surface area contributed by atoms with E-state index < -0.39 is 5.97 Å². The second-order valence-electron chi connectivity index (χ2n) is 5.91. The minimum Gasteiger partial charge on any atom is -0.465 e. The fourth-order valence-electron chi connectivity index (χ4n) is 2.40. The van der Waals surface area contributed by atoms with Crippen molar-refractivity contribution in [2.45, 2.75) is 20.3 Å². The molecule has 26 heavy (non-hydrogen) atoms. The second kappa shape index (κ2) is 8.80. The zero-order valence-corrected chi connectivity index (χ0v) is 15.1. The first-order valence-electron chi connectivity index (χ1n) is 8.24. The Hall–Kier alpha value is -3.15. The monoisotopic (exact) mass is 354 g/mol. The third-order valence-corrected chi connectivity index (χ3v) is 3.91. The van der Waals surface area contributed by atoms with Crippen LogP contribution in [0.5, 0.6) is 0 Å². The Labute approximate surface area is 152 Å². The number of benzene rings is 2. The topological polar surface area (TPSA) is 84.5 Å². The summed E-state index contributed by atoms with van der Waals surface area (Å²) in [6.07, 6.45) is 0.696. The minimum atomic E-state index is -0.455. The molecular weight excluding hydrogens is 332 g/mol. The van der Waals surface area contributed by atoms with Crippen molar-refractivity contribution in [2.24, 2.45) is 0 Å². The summed E-state index contributed by atoms with van der Waals surface area (Å²) in [6, 6.07) is 12.2. The number of hydrogen-bond donors (Lipinski definition) is 2. The first-order chi connectivity index (χ1) is 12.4. The molecule has 0 saturated carbocycles. The van der Waals surface area contributed by atoms with E-state index >= 15 is 0 Å². The molecule has 0 aliphatic carbocycles. The molecule has 6 nitrogen and oxygen atoms in total. The molecule has 136 valence electrons. The number of esters is 1. The molecule has 0 aliphatic rings.